The molecule has 2 heterocycles. The van der Waals surface area contributed by atoms with Gasteiger partial charge in [-0.1, -0.05) is 0 Å². The first-order valence-corrected chi connectivity index (χ1v) is 10.2. The van der Waals surface area contributed by atoms with Gasteiger partial charge in [0.05, 0.1) is 10.8 Å². The number of fused-ring (bicyclic) bond motifs is 6. The molecule has 0 saturated carbocycles. The molecule has 0 unspecified atom stereocenters. The van der Waals surface area contributed by atoms with E-state index in [4.69, 9.17) is 0 Å². The van der Waals surface area contributed by atoms with Gasteiger partial charge < -0.3 is 9.13 Å². The van der Waals surface area contributed by atoms with Crippen molar-refractivity contribution in [3.8, 4) is 24.3 Å². The standard InChI is InChI=1S/C24H6F6N8/c1-37-21-17(29)9-10-12(15(27)18(30)22-19(10)35-23(38(22)2)7(3-31)4-32)14(26)13(25)11(9)16(28)20(21)36-24(37)8(5-33)6-34/h1-2H3. The maximum absolute atomic E-state index is 16.1. The van der Waals surface area contributed by atoms with Crippen molar-refractivity contribution in [2.75, 3.05) is 0 Å². The van der Waals surface area contributed by atoms with Gasteiger partial charge in [0.2, 0.25) is 0 Å². The number of benzene rings is 3. The van der Waals surface area contributed by atoms with Gasteiger partial charge in [0, 0.05) is 24.9 Å². The van der Waals surface area contributed by atoms with E-state index in [1.165, 1.54) is 24.3 Å². The Bertz CT molecular complexity index is 2230. The van der Waals surface area contributed by atoms with E-state index < -0.39 is 101 Å². The quantitative estimate of drug-likeness (QED) is 0.228. The zero-order valence-electron chi connectivity index (χ0n) is 18.8. The van der Waals surface area contributed by atoms with E-state index in [0.717, 1.165) is 23.2 Å². The molecular weight excluding hydrogens is 514 g/mol. The molecule has 0 radical (unpaired) electrons. The molecule has 0 spiro atoms. The minimum atomic E-state index is -2.06. The summed E-state index contributed by atoms with van der Waals surface area (Å²) in [5.74, 6) is -10.9. The summed E-state index contributed by atoms with van der Waals surface area (Å²) < 4.78 is 94.1. The van der Waals surface area contributed by atoms with Crippen molar-refractivity contribution in [1.82, 2.24) is 19.1 Å². The first-order valence-electron chi connectivity index (χ1n) is 10.2. The molecular formula is C24H6F6N8. The van der Waals surface area contributed by atoms with Crippen LogP contribution in [0.15, 0.2) is 0 Å². The molecule has 3 aromatic carbocycles. The van der Waals surface area contributed by atoms with Crippen LogP contribution in [0.25, 0.3) is 54.8 Å². The number of hydrogen-bond donors (Lipinski definition) is 0. The number of nitrogens with zero attached hydrogens (tertiary/aromatic N) is 8. The van der Waals surface area contributed by atoms with Crippen molar-refractivity contribution in [1.29, 1.82) is 21.0 Å². The molecule has 0 N–H and O–H groups in total. The van der Waals surface area contributed by atoms with Crippen LogP contribution in [-0.2, 0) is 14.1 Å². The average molecular weight is 520 g/mol. The molecule has 0 aliphatic heterocycles. The highest BCUT2D eigenvalue weighted by Crippen LogP contribution is 2.42. The zero-order valence-corrected chi connectivity index (χ0v) is 18.8. The van der Waals surface area contributed by atoms with Gasteiger partial charge in [-0.05, 0) is 0 Å². The zero-order chi connectivity index (χ0) is 27.8. The smallest absolute Gasteiger partial charge is 0.185 e. The largest absolute Gasteiger partial charge is 0.323 e. The maximum atomic E-state index is 16.1. The minimum absolute atomic E-state index is 0.493. The predicted octanol–water partition coefficient (Wildman–Crippen LogP) is 3.00. The molecule has 0 aliphatic rings. The van der Waals surface area contributed by atoms with E-state index in [9.17, 15) is 21.0 Å². The van der Waals surface area contributed by atoms with Crippen LogP contribution < -0.4 is 11.0 Å². The fourth-order valence-corrected chi connectivity index (χ4v) is 4.53. The van der Waals surface area contributed by atoms with E-state index in [1.54, 1.807) is 0 Å². The first kappa shape index (κ1) is 24.1. The molecule has 184 valence electrons. The third-order valence-electron chi connectivity index (χ3n) is 6.18. The Balaban J connectivity index is 2.27. The number of nitriles is 4. The lowest BCUT2D eigenvalue weighted by atomic mass is 9.97. The summed E-state index contributed by atoms with van der Waals surface area (Å²) >= 11 is 0. The van der Waals surface area contributed by atoms with E-state index in [1.807, 2.05) is 0 Å². The van der Waals surface area contributed by atoms with Crippen molar-refractivity contribution in [3.63, 3.8) is 0 Å². The molecule has 0 saturated heterocycles. The van der Waals surface area contributed by atoms with Crippen molar-refractivity contribution in [2.24, 2.45) is 14.1 Å². The summed E-state index contributed by atoms with van der Waals surface area (Å²) in [7, 11) is 2.21. The predicted molar refractivity (Wildman–Crippen MR) is 118 cm³/mol. The second-order valence-electron chi connectivity index (χ2n) is 7.96. The summed E-state index contributed by atoms with van der Waals surface area (Å²) in [5, 5.41) is 32.2. The first-order chi connectivity index (χ1) is 18.0. The van der Waals surface area contributed by atoms with Gasteiger partial charge in [-0.15, -0.1) is 0 Å². The van der Waals surface area contributed by atoms with Gasteiger partial charge in [0.15, 0.2) is 57.0 Å². The molecule has 38 heavy (non-hydrogen) atoms. The van der Waals surface area contributed by atoms with Crippen LogP contribution >= 0.6 is 0 Å². The highest BCUT2D eigenvalue weighted by atomic mass is 19.2. The Labute approximate surface area is 206 Å². The minimum Gasteiger partial charge on any atom is -0.323 e. The van der Waals surface area contributed by atoms with Gasteiger partial charge in [0.1, 0.15) is 46.3 Å². The molecule has 5 rings (SSSR count). The molecule has 14 heteroatoms. The molecule has 0 aliphatic carbocycles. The normalized spacial score (nSPS) is 11.1. The molecule has 0 fully saturated rings. The third kappa shape index (κ3) is 2.71. The molecule has 2 aromatic heterocycles. The van der Waals surface area contributed by atoms with E-state index in [0.29, 0.717) is 0 Å². The van der Waals surface area contributed by atoms with E-state index in [2.05, 4.69) is 9.97 Å². The van der Waals surface area contributed by atoms with Crippen LogP contribution in [0.3, 0.4) is 0 Å². The highest BCUT2D eigenvalue weighted by molar-refractivity contribution is 6.21. The Morgan fingerprint density at radius 3 is 1.39 bits per heavy atom. The summed E-state index contributed by atoms with van der Waals surface area (Å²) in [6.45, 7) is 0. The summed E-state index contributed by atoms with van der Waals surface area (Å²) in [6, 6.07) is 6.02. The van der Waals surface area contributed by atoms with E-state index >= 15 is 26.3 Å². The Kier molecular flexibility index (Phi) is 5.05. The maximum Gasteiger partial charge on any atom is 0.185 e. The third-order valence-corrected chi connectivity index (χ3v) is 6.18. The number of rotatable bonds is 0. The number of aromatic nitrogens is 4. The monoisotopic (exact) mass is 520 g/mol. The highest BCUT2D eigenvalue weighted by Gasteiger charge is 2.32. The second-order valence-corrected chi connectivity index (χ2v) is 7.96. The van der Waals surface area contributed by atoms with Crippen LogP contribution in [-0.4, -0.2) is 19.1 Å². The van der Waals surface area contributed by atoms with Crippen molar-refractivity contribution < 1.29 is 26.3 Å². The molecule has 5 aromatic rings. The van der Waals surface area contributed by atoms with Crippen molar-refractivity contribution in [2.45, 2.75) is 0 Å². The van der Waals surface area contributed by atoms with Crippen LogP contribution in [0.4, 0.5) is 26.3 Å². The lowest BCUT2D eigenvalue weighted by Crippen LogP contribution is -2.18. The molecule has 8 nitrogen and oxygen atoms in total. The van der Waals surface area contributed by atoms with Crippen LogP contribution in [0.5, 0.6) is 0 Å². The summed E-state index contributed by atoms with van der Waals surface area (Å²) in [6.07, 6.45) is 0. The van der Waals surface area contributed by atoms with Crippen LogP contribution in [0.2, 0.25) is 0 Å². The average Bonchev–Trinajstić information content (AvgIpc) is 3.42. The Hall–Kier alpha value is -5.60. The van der Waals surface area contributed by atoms with Gasteiger partial charge in [-0.3, -0.25) is 0 Å². The second kappa shape index (κ2) is 7.95. The molecule has 0 bridgehead atoms. The lowest BCUT2D eigenvalue weighted by molar-refractivity contribution is 0.497. The Morgan fingerprint density at radius 2 is 0.921 bits per heavy atom. The van der Waals surface area contributed by atoms with Crippen LogP contribution in [0, 0.1) is 80.2 Å². The topological polar surface area (TPSA) is 131 Å². The Morgan fingerprint density at radius 1 is 0.526 bits per heavy atom. The van der Waals surface area contributed by atoms with Crippen molar-refractivity contribution >= 4 is 54.8 Å². The number of aryl methyl sites for hydroxylation is 2. The fourth-order valence-electron chi connectivity index (χ4n) is 4.53. The molecule has 0 amide bonds. The number of imidazole rings is 2. The lowest BCUT2D eigenvalue weighted by Gasteiger charge is -2.13. The van der Waals surface area contributed by atoms with E-state index in [-0.39, 0.29) is 0 Å². The van der Waals surface area contributed by atoms with Crippen LogP contribution in [0.1, 0.15) is 0 Å². The van der Waals surface area contributed by atoms with Gasteiger partial charge in [0.25, 0.3) is 0 Å². The van der Waals surface area contributed by atoms with Crippen molar-refractivity contribution in [3.05, 3.63) is 45.9 Å². The fraction of sp³-hybridized carbons (Fsp3) is 0.0833. The number of halogens is 6. The van der Waals surface area contributed by atoms with Gasteiger partial charge in [-0.25, -0.2) is 36.3 Å². The number of hydrogen-bond acceptors (Lipinski definition) is 6. The summed E-state index contributed by atoms with van der Waals surface area (Å²) in [5.41, 5.74) is -5.29. The summed E-state index contributed by atoms with van der Waals surface area (Å²) in [4.78, 5) is 7.64. The van der Waals surface area contributed by atoms with Gasteiger partial charge in [-0.2, -0.15) is 21.0 Å². The molecule has 0 atom stereocenters. The SMILES string of the molecule is Cn1c(=C(C#N)C#N)nc2c(F)c3c(F)c(F)c4c(F)c(F)c5c(nc(=C(C#N)C#N)n5C)c4c3c(F)c21. The van der Waals surface area contributed by atoms with Gasteiger partial charge >= 0.3 is 0 Å².